The van der Waals surface area contributed by atoms with E-state index in [1.54, 1.807) is 11.1 Å². The summed E-state index contributed by atoms with van der Waals surface area (Å²) in [7, 11) is 0. The number of hydrogen-bond donors (Lipinski definition) is 3. The Bertz CT molecular complexity index is 490. The summed E-state index contributed by atoms with van der Waals surface area (Å²) in [6, 6.07) is -1.46. The third-order valence-corrected chi connectivity index (χ3v) is 3.44. The number of rotatable bonds is 4. The molecule has 2 unspecified atom stereocenters. The van der Waals surface area contributed by atoms with Gasteiger partial charge >= 0.3 is 12.0 Å². The van der Waals surface area contributed by atoms with Crippen LogP contribution in [0.25, 0.3) is 0 Å². The van der Waals surface area contributed by atoms with Gasteiger partial charge in [0.1, 0.15) is 6.04 Å². The van der Waals surface area contributed by atoms with Gasteiger partial charge in [0.05, 0.1) is 25.1 Å². The van der Waals surface area contributed by atoms with E-state index in [4.69, 9.17) is 4.74 Å². The summed E-state index contributed by atoms with van der Waals surface area (Å²) < 4.78 is 5.46. The van der Waals surface area contributed by atoms with E-state index in [1.165, 1.54) is 6.33 Å². The monoisotopic (exact) mass is 296 g/mol. The largest absolute Gasteiger partial charge is 0.480 e. The SMILES string of the molecule is CC1CN(C(=O)N[C@H](Cc2cnc[nH]2)C(=O)O)C(C)CO1. The van der Waals surface area contributed by atoms with Crippen molar-refractivity contribution in [3.63, 3.8) is 0 Å². The van der Waals surface area contributed by atoms with Crippen molar-refractivity contribution in [3.8, 4) is 0 Å². The summed E-state index contributed by atoms with van der Waals surface area (Å²) in [6.45, 7) is 4.65. The molecule has 8 heteroatoms. The number of hydrogen-bond acceptors (Lipinski definition) is 4. The number of nitrogens with zero attached hydrogens (tertiary/aromatic N) is 2. The highest BCUT2D eigenvalue weighted by atomic mass is 16.5. The first-order chi connectivity index (χ1) is 9.97. The number of aromatic amines is 1. The number of carboxylic acid groups (broad SMARTS) is 1. The first-order valence-electron chi connectivity index (χ1n) is 6.86. The Morgan fingerprint density at radius 3 is 3.00 bits per heavy atom. The van der Waals surface area contributed by atoms with Gasteiger partial charge in [-0.05, 0) is 13.8 Å². The fraction of sp³-hybridized carbons (Fsp3) is 0.615. The highest BCUT2D eigenvalue weighted by molar-refractivity contribution is 5.83. The Balaban J connectivity index is 1.99. The van der Waals surface area contributed by atoms with Crippen LogP contribution >= 0.6 is 0 Å². The normalized spacial score (nSPS) is 23.6. The topological polar surface area (TPSA) is 108 Å². The van der Waals surface area contributed by atoms with Crippen LogP contribution in [0.1, 0.15) is 19.5 Å². The molecule has 0 saturated carbocycles. The molecule has 1 saturated heterocycles. The number of carbonyl (C=O) groups excluding carboxylic acids is 1. The molecule has 0 aromatic carbocycles. The van der Waals surface area contributed by atoms with Crippen molar-refractivity contribution < 1.29 is 19.4 Å². The Hall–Kier alpha value is -2.09. The molecule has 2 amide bonds. The van der Waals surface area contributed by atoms with Crippen LogP contribution in [-0.2, 0) is 16.0 Å². The van der Waals surface area contributed by atoms with E-state index in [1.807, 2.05) is 13.8 Å². The minimum absolute atomic E-state index is 0.0529. The number of aliphatic carboxylic acids is 1. The number of nitrogens with one attached hydrogen (secondary N) is 2. The molecule has 8 nitrogen and oxygen atoms in total. The number of carbonyl (C=O) groups is 2. The van der Waals surface area contributed by atoms with Crippen LogP contribution in [0.15, 0.2) is 12.5 Å². The first-order valence-corrected chi connectivity index (χ1v) is 6.86. The number of imidazole rings is 1. The smallest absolute Gasteiger partial charge is 0.326 e. The molecule has 0 bridgehead atoms. The van der Waals surface area contributed by atoms with Crippen LogP contribution < -0.4 is 5.32 Å². The van der Waals surface area contributed by atoms with E-state index in [0.29, 0.717) is 18.8 Å². The Labute approximate surface area is 122 Å². The minimum atomic E-state index is -1.08. The molecule has 2 heterocycles. The van der Waals surface area contributed by atoms with Crippen molar-refractivity contribution in [2.45, 2.75) is 38.5 Å². The average molecular weight is 296 g/mol. The number of H-pyrrole nitrogens is 1. The molecule has 1 aliphatic rings. The van der Waals surface area contributed by atoms with Gasteiger partial charge in [0.2, 0.25) is 0 Å². The van der Waals surface area contributed by atoms with Gasteiger partial charge in [-0.2, -0.15) is 0 Å². The molecule has 1 aliphatic heterocycles. The molecule has 3 N–H and O–H groups in total. The number of urea groups is 1. The second-order valence-electron chi connectivity index (χ2n) is 5.27. The van der Waals surface area contributed by atoms with Gasteiger partial charge in [0.25, 0.3) is 0 Å². The van der Waals surface area contributed by atoms with E-state index in [0.717, 1.165) is 0 Å². The van der Waals surface area contributed by atoms with Crippen LogP contribution in [0.2, 0.25) is 0 Å². The Morgan fingerprint density at radius 2 is 2.38 bits per heavy atom. The van der Waals surface area contributed by atoms with Crippen LogP contribution in [0.4, 0.5) is 4.79 Å². The Kier molecular flexibility index (Phi) is 4.79. The zero-order chi connectivity index (χ0) is 15.4. The van der Waals surface area contributed by atoms with Gasteiger partial charge in [-0.1, -0.05) is 0 Å². The van der Waals surface area contributed by atoms with E-state index in [9.17, 15) is 14.7 Å². The van der Waals surface area contributed by atoms with Gasteiger partial charge < -0.3 is 25.0 Å². The molecule has 21 heavy (non-hydrogen) atoms. The predicted octanol–water partition coefficient (Wildman–Crippen LogP) is 0.224. The van der Waals surface area contributed by atoms with Gasteiger partial charge in [-0.3, -0.25) is 0 Å². The van der Waals surface area contributed by atoms with Crippen LogP contribution in [0, 0.1) is 0 Å². The van der Waals surface area contributed by atoms with Crippen molar-refractivity contribution >= 4 is 12.0 Å². The zero-order valence-electron chi connectivity index (χ0n) is 12.1. The first kappa shape index (κ1) is 15.3. The maximum absolute atomic E-state index is 12.3. The number of morpholine rings is 1. The fourth-order valence-electron chi connectivity index (χ4n) is 2.23. The highest BCUT2D eigenvalue weighted by Crippen LogP contribution is 2.12. The van der Waals surface area contributed by atoms with E-state index in [2.05, 4.69) is 15.3 Å². The molecule has 3 atom stereocenters. The molecular weight excluding hydrogens is 276 g/mol. The molecule has 1 aromatic heterocycles. The number of amides is 2. The van der Waals surface area contributed by atoms with Gasteiger partial charge in [-0.25, -0.2) is 14.6 Å². The summed E-state index contributed by atoms with van der Waals surface area (Å²) in [5, 5.41) is 11.8. The summed E-state index contributed by atoms with van der Waals surface area (Å²) in [6.07, 6.45) is 3.13. The third-order valence-electron chi connectivity index (χ3n) is 3.44. The van der Waals surface area contributed by atoms with Crippen LogP contribution in [0.3, 0.4) is 0 Å². The lowest BCUT2D eigenvalue weighted by Crippen LogP contribution is -2.56. The quantitative estimate of drug-likeness (QED) is 0.737. The predicted molar refractivity (Wildman–Crippen MR) is 73.8 cm³/mol. The maximum Gasteiger partial charge on any atom is 0.326 e. The van der Waals surface area contributed by atoms with E-state index < -0.39 is 12.0 Å². The molecule has 1 fully saturated rings. The van der Waals surface area contributed by atoms with Crippen molar-refractivity contribution in [2.24, 2.45) is 0 Å². The molecule has 1 aromatic rings. The standard InChI is InChI=1S/C13H20N4O4/c1-8-6-21-9(2)5-17(8)13(20)16-11(12(18)19)3-10-4-14-7-15-10/h4,7-9,11H,3,5-6H2,1-2H3,(H,14,15)(H,16,20)(H,18,19)/t8?,9?,11-/m1/s1. The van der Waals surface area contributed by atoms with Crippen molar-refractivity contribution in [3.05, 3.63) is 18.2 Å². The molecular formula is C13H20N4O4. The molecule has 0 spiro atoms. The maximum atomic E-state index is 12.3. The van der Waals surface area contributed by atoms with E-state index >= 15 is 0 Å². The van der Waals surface area contributed by atoms with Gasteiger partial charge in [0, 0.05) is 24.9 Å². The fourth-order valence-corrected chi connectivity index (χ4v) is 2.23. The van der Waals surface area contributed by atoms with Gasteiger partial charge in [-0.15, -0.1) is 0 Å². The number of ether oxygens (including phenoxy) is 1. The lowest BCUT2D eigenvalue weighted by Gasteiger charge is -2.37. The van der Waals surface area contributed by atoms with Gasteiger partial charge in [0.15, 0.2) is 0 Å². The third kappa shape index (κ3) is 3.94. The lowest BCUT2D eigenvalue weighted by molar-refractivity contribution is -0.139. The molecule has 116 valence electrons. The second-order valence-corrected chi connectivity index (χ2v) is 5.27. The molecule has 2 rings (SSSR count). The second kappa shape index (κ2) is 6.57. The molecule has 0 radical (unpaired) electrons. The van der Waals surface area contributed by atoms with Crippen molar-refractivity contribution in [2.75, 3.05) is 13.2 Å². The summed E-state index contributed by atoms with van der Waals surface area (Å²) in [5.74, 6) is -1.08. The van der Waals surface area contributed by atoms with Crippen molar-refractivity contribution in [1.29, 1.82) is 0 Å². The lowest BCUT2D eigenvalue weighted by atomic mass is 10.1. The highest BCUT2D eigenvalue weighted by Gasteiger charge is 2.30. The van der Waals surface area contributed by atoms with Crippen molar-refractivity contribution in [1.82, 2.24) is 20.2 Å². The summed E-state index contributed by atoms with van der Waals surface area (Å²) in [5.41, 5.74) is 0.658. The molecule has 0 aliphatic carbocycles. The van der Waals surface area contributed by atoms with Crippen LogP contribution in [-0.4, -0.2) is 63.3 Å². The number of carboxylic acids is 1. The zero-order valence-corrected chi connectivity index (χ0v) is 12.1. The number of aromatic nitrogens is 2. The van der Waals surface area contributed by atoms with Crippen LogP contribution in [0.5, 0.6) is 0 Å². The summed E-state index contributed by atoms with van der Waals surface area (Å²) >= 11 is 0. The van der Waals surface area contributed by atoms with E-state index in [-0.39, 0.29) is 24.6 Å². The average Bonchev–Trinajstić information content (AvgIpc) is 2.93. The Morgan fingerprint density at radius 1 is 1.62 bits per heavy atom. The minimum Gasteiger partial charge on any atom is -0.480 e. The summed E-state index contributed by atoms with van der Waals surface area (Å²) in [4.78, 5) is 31.8.